The van der Waals surface area contributed by atoms with Crippen LogP contribution in [0, 0.1) is 0 Å². The third-order valence-electron chi connectivity index (χ3n) is 3.49. The van der Waals surface area contributed by atoms with Crippen LogP contribution < -0.4 is 10.2 Å². The molecule has 1 aromatic heterocycles. The number of anilines is 1. The van der Waals surface area contributed by atoms with E-state index in [4.69, 9.17) is 4.74 Å². The summed E-state index contributed by atoms with van der Waals surface area (Å²) in [6.07, 6.45) is 6.48. The molecule has 1 atom stereocenters. The Morgan fingerprint density at radius 2 is 2.17 bits per heavy atom. The van der Waals surface area contributed by atoms with Crippen LogP contribution >= 0.6 is 0 Å². The second-order valence-corrected chi connectivity index (χ2v) is 5.16. The lowest BCUT2D eigenvalue weighted by Gasteiger charge is -2.33. The van der Waals surface area contributed by atoms with E-state index in [-0.39, 0.29) is 0 Å². The van der Waals surface area contributed by atoms with Gasteiger partial charge in [-0.25, -0.2) is 9.97 Å². The molecule has 3 rings (SSSR count). The largest absolute Gasteiger partial charge is 0.377 e. The summed E-state index contributed by atoms with van der Waals surface area (Å²) in [5, 5.41) is 3.47. The van der Waals surface area contributed by atoms with Crippen LogP contribution in [0.5, 0.6) is 0 Å². The molecule has 0 amide bonds. The van der Waals surface area contributed by atoms with Gasteiger partial charge in [-0.05, 0) is 19.8 Å². The molecule has 1 unspecified atom stereocenters. The Bertz CT molecular complexity index is 390. The van der Waals surface area contributed by atoms with Crippen molar-refractivity contribution in [2.45, 2.75) is 38.4 Å². The van der Waals surface area contributed by atoms with Crippen LogP contribution in [0.1, 0.15) is 25.3 Å². The highest BCUT2D eigenvalue weighted by atomic mass is 16.5. The minimum absolute atomic E-state index is 0.356. The fourth-order valence-corrected chi connectivity index (χ4v) is 2.16. The molecule has 0 radical (unpaired) electrons. The van der Waals surface area contributed by atoms with E-state index in [9.17, 15) is 0 Å². The van der Waals surface area contributed by atoms with Crippen LogP contribution in [0.2, 0.25) is 0 Å². The Morgan fingerprint density at radius 3 is 2.83 bits per heavy atom. The summed E-state index contributed by atoms with van der Waals surface area (Å²) >= 11 is 0. The van der Waals surface area contributed by atoms with Gasteiger partial charge in [-0.15, -0.1) is 0 Å². The molecule has 98 valence electrons. The Kier molecular flexibility index (Phi) is 3.43. The van der Waals surface area contributed by atoms with Gasteiger partial charge in [0.2, 0.25) is 5.95 Å². The summed E-state index contributed by atoms with van der Waals surface area (Å²) < 4.78 is 5.42. The first-order valence-corrected chi connectivity index (χ1v) is 6.71. The topological polar surface area (TPSA) is 50.3 Å². The molecule has 1 saturated carbocycles. The van der Waals surface area contributed by atoms with E-state index in [1.54, 1.807) is 0 Å². The Morgan fingerprint density at radius 1 is 1.39 bits per heavy atom. The van der Waals surface area contributed by atoms with E-state index >= 15 is 0 Å². The first-order chi connectivity index (χ1) is 8.83. The van der Waals surface area contributed by atoms with Crippen molar-refractivity contribution in [1.29, 1.82) is 0 Å². The SMILES string of the molecule is CC1COCCN1c1ncc(CNC2CC2)cn1. The number of hydrogen-bond donors (Lipinski definition) is 1. The number of hydrogen-bond acceptors (Lipinski definition) is 5. The van der Waals surface area contributed by atoms with Gasteiger partial charge < -0.3 is 15.0 Å². The lowest BCUT2D eigenvalue weighted by Crippen LogP contribution is -2.44. The maximum Gasteiger partial charge on any atom is 0.225 e. The van der Waals surface area contributed by atoms with Crippen LogP contribution in [0.25, 0.3) is 0 Å². The third-order valence-corrected chi connectivity index (χ3v) is 3.49. The van der Waals surface area contributed by atoms with Crippen LogP contribution in [0.4, 0.5) is 5.95 Å². The maximum atomic E-state index is 5.42. The zero-order valence-electron chi connectivity index (χ0n) is 10.8. The lowest BCUT2D eigenvalue weighted by atomic mass is 10.3. The summed E-state index contributed by atoms with van der Waals surface area (Å²) in [7, 11) is 0. The van der Waals surface area contributed by atoms with Crippen LogP contribution in [0.15, 0.2) is 12.4 Å². The second-order valence-electron chi connectivity index (χ2n) is 5.16. The van der Waals surface area contributed by atoms with E-state index < -0.39 is 0 Å². The predicted octanol–water partition coefficient (Wildman–Crippen LogP) is 0.954. The molecule has 1 saturated heterocycles. The molecule has 5 nitrogen and oxygen atoms in total. The van der Waals surface area contributed by atoms with Crippen LogP contribution in [-0.4, -0.2) is 41.8 Å². The van der Waals surface area contributed by atoms with E-state index in [2.05, 4.69) is 27.1 Å². The fourth-order valence-electron chi connectivity index (χ4n) is 2.16. The summed E-state index contributed by atoms with van der Waals surface area (Å²) in [4.78, 5) is 11.2. The van der Waals surface area contributed by atoms with Crippen molar-refractivity contribution in [2.75, 3.05) is 24.7 Å². The van der Waals surface area contributed by atoms with Gasteiger partial charge in [-0.3, -0.25) is 0 Å². The molecule has 1 aliphatic carbocycles. The number of nitrogens with zero attached hydrogens (tertiary/aromatic N) is 3. The van der Waals surface area contributed by atoms with Gasteiger partial charge in [-0.1, -0.05) is 0 Å². The molecule has 18 heavy (non-hydrogen) atoms. The average molecular weight is 248 g/mol. The molecule has 5 heteroatoms. The zero-order chi connectivity index (χ0) is 12.4. The smallest absolute Gasteiger partial charge is 0.225 e. The Labute approximate surface area is 108 Å². The minimum Gasteiger partial charge on any atom is -0.377 e. The summed E-state index contributed by atoms with van der Waals surface area (Å²) in [6.45, 7) is 5.42. The molecule has 2 heterocycles. The van der Waals surface area contributed by atoms with Gasteiger partial charge in [0.05, 0.1) is 19.3 Å². The number of morpholine rings is 1. The second kappa shape index (κ2) is 5.20. The molecular weight excluding hydrogens is 228 g/mol. The van der Waals surface area contributed by atoms with E-state index in [0.717, 1.165) is 43.9 Å². The van der Waals surface area contributed by atoms with Crippen molar-refractivity contribution in [2.24, 2.45) is 0 Å². The van der Waals surface area contributed by atoms with Crippen LogP contribution in [0.3, 0.4) is 0 Å². The molecular formula is C13H20N4O. The predicted molar refractivity (Wildman–Crippen MR) is 69.5 cm³/mol. The fraction of sp³-hybridized carbons (Fsp3) is 0.692. The highest BCUT2D eigenvalue weighted by Gasteiger charge is 2.22. The van der Waals surface area contributed by atoms with Gasteiger partial charge in [0, 0.05) is 37.1 Å². The number of ether oxygens (including phenoxy) is 1. The molecule has 0 spiro atoms. The molecule has 2 fully saturated rings. The summed E-state index contributed by atoms with van der Waals surface area (Å²) in [6, 6.07) is 1.08. The quantitative estimate of drug-likeness (QED) is 0.860. The highest BCUT2D eigenvalue weighted by Crippen LogP contribution is 2.19. The van der Waals surface area contributed by atoms with Crippen molar-refractivity contribution in [3.63, 3.8) is 0 Å². The zero-order valence-corrected chi connectivity index (χ0v) is 10.8. The summed E-state index contributed by atoms with van der Waals surface area (Å²) in [5.74, 6) is 0.820. The first-order valence-electron chi connectivity index (χ1n) is 6.71. The van der Waals surface area contributed by atoms with Crippen LogP contribution in [-0.2, 0) is 11.3 Å². The number of nitrogens with one attached hydrogen (secondary N) is 1. The van der Waals surface area contributed by atoms with Crippen molar-refractivity contribution in [1.82, 2.24) is 15.3 Å². The summed E-state index contributed by atoms with van der Waals surface area (Å²) in [5.41, 5.74) is 1.16. The molecule has 1 aliphatic heterocycles. The van der Waals surface area contributed by atoms with E-state index in [1.165, 1.54) is 12.8 Å². The van der Waals surface area contributed by atoms with Crippen molar-refractivity contribution < 1.29 is 4.74 Å². The normalized spacial score (nSPS) is 24.3. The molecule has 0 bridgehead atoms. The van der Waals surface area contributed by atoms with Crippen molar-refractivity contribution >= 4 is 5.95 Å². The molecule has 1 aromatic rings. The first kappa shape index (κ1) is 11.9. The Balaban J connectivity index is 1.61. The van der Waals surface area contributed by atoms with Gasteiger partial charge in [-0.2, -0.15) is 0 Å². The molecule has 0 aromatic carbocycles. The number of aromatic nitrogens is 2. The highest BCUT2D eigenvalue weighted by molar-refractivity contribution is 5.32. The monoisotopic (exact) mass is 248 g/mol. The Hall–Kier alpha value is -1.20. The lowest BCUT2D eigenvalue weighted by molar-refractivity contribution is 0.0981. The molecule has 1 N–H and O–H groups in total. The average Bonchev–Trinajstić information content (AvgIpc) is 3.22. The van der Waals surface area contributed by atoms with Gasteiger partial charge in [0.25, 0.3) is 0 Å². The number of rotatable bonds is 4. The molecule has 2 aliphatic rings. The van der Waals surface area contributed by atoms with E-state index in [1.807, 2.05) is 12.4 Å². The maximum absolute atomic E-state index is 5.42. The van der Waals surface area contributed by atoms with Gasteiger partial charge >= 0.3 is 0 Å². The van der Waals surface area contributed by atoms with E-state index in [0.29, 0.717) is 6.04 Å². The standard InChI is InChI=1S/C13H20N4O/c1-10-9-18-5-4-17(10)13-15-7-11(8-16-13)6-14-12-2-3-12/h7-8,10,12,14H,2-6,9H2,1H3. The van der Waals surface area contributed by atoms with Gasteiger partial charge in [0.15, 0.2) is 0 Å². The van der Waals surface area contributed by atoms with Gasteiger partial charge in [0.1, 0.15) is 0 Å². The van der Waals surface area contributed by atoms with Crippen molar-refractivity contribution in [3.8, 4) is 0 Å². The third kappa shape index (κ3) is 2.79. The minimum atomic E-state index is 0.356. The van der Waals surface area contributed by atoms with Crippen molar-refractivity contribution in [3.05, 3.63) is 18.0 Å².